The van der Waals surface area contributed by atoms with E-state index in [1.807, 2.05) is 6.07 Å². The number of alkyl halides is 3. The highest BCUT2D eigenvalue weighted by molar-refractivity contribution is 5.92. The molecule has 134 valence electrons. The first-order valence-corrected chi connectivity index (χ1v) is 8.25. The molecule has 1 fully saturated rings. The van der Waals surface area contributed by atoms with Crippen LogP contribution >= 0.6 is 0 Å². The largest absolute Gasteiger partial charge is 0.416 e. The van der Waals surface area contributed by atoms with Crippen molar-refractivity contribution in [3.63, 3.8) is 0 Å². The van der Waals surface area contributed by atoms with E-state index < -0.39 is 11.7 Å². The first-order valence-electron chi connectivity index (χ1n) is 8.25. The van der Waals surface area contributed by atoms with E-state index in [1.54, 1.807) is 24.7 Å². The van der Waals surface area contributed by atoms with Gasteiger partial charge in [0.2, 0.25) is 5.95 Å². The number of hydrogen-bond donors (Lipinski definition) is 0. The molecule has 1 aliphatic heterocycles. The summed E-state index contributed by atoms with van der Waals surface area (Å²) in [6.45, 7) is 2.96. The second kappa shape index (κ2) is 6.44. The zero-order chi connectivity index (χ0) is 18.1. The third kappa shape index (κ3) is 3.14. The summed E-state index contributed by atoms with van der Waals surface area (Å²) < 4.78 is 38.8. The maximum Gasteiger partial charge on any atom is 0.416 e. The van der Waals surface area contributed by atoms with E-state index >= 15 is 0 Å². The minimum atomic E-state index is -4.37. The van der Waals surface area contributed by atoms with Crippen LogP contribution in [0.4, 0.5) is 24.8 Å². The van der Waals surface area contributed by atoms with Crippen LogP contribution in [0.5, 0.6) is 0 Å². The normalized spacial score (nSPS) is 15.5. The molecular weight excluding hydrogens is 343 g/mol. The fourth-order valence-electron chi connectivity index (χ4n) is 3.19. The monoisotopic (exact) mass is 359 g/mol. The fourth-order valence-corrected chi connectivity index (χ4v) is 3.19. The molecule has 2 aromatic heterocycles. The Morgan fingerprint density at radius 3 is 2.19 bits per heavy atom. The van der Waals surface area contributed by atoms with E-state index in [0.29, 0.717) is 11.5 Å². The molecule has 4 rings (SSSR count). The zero-order valence-corrected chi connectivity index (χ0v) is 13.8. The number of anilines is 2. The highest BCUT2D eigenvalue weighted by Gasteiger charge is 2.31. The first-order chi connectivity index (χ1) is 12.5. The lowest BCUT2D eigenvalue weighted by molar-refractivity contribution is -0.137. The molecule has 0 N–H and O–H groups in total. The van der Waals surface area contributed by atoms with Gasteiger partial charge in [-0.25, -0.2) is 9.97 Å². The van der Waals surface area contributed by atoms with Crippen LogP contribution in [-0.4, -0.2) is 41.1 Å². The predicted molar refractivity (Wildman–Crippen MR) is 93.2 cm³/mol. The van der Waals surface area contributed by atoms with Crippen LogP contribution in [0, 0.1) is 0 Å². The van der Waals surface area contributed by atoms with Crippen molar-refractivity contribution >= 4 is 22.5 Å². The van der Waals surface area contributed by atoms with Crippen molar-refractivity contribution in [3.05, 3.63) is 54.5 Å². The summed E-state index contributed by atoms with van der Waals surface area (Å²) in [5.74, 6) is 0.696. The molecule has 1 saturated heterocycles. The van der Waals surface area contributed by atoms with Gasteiger partial charge in [0.05, 0.1) is 11.1 Å². The Hall–Kier alpha value is -2.90. The third-order valence-corrected chi connectivity index (χ3v) is 4.50. The molecule has 8 heteroatoms. The van der Waals surface area contributed by atoms with Crippen LogP contribution < -0.4 is 9.80 Å². The number of fused-ring (bicyclic) bond motifs is 1. The van der Waals surface area contributed by atoms with E-state index in [-0.39, 0.29) is 0 Å². The summed E-state index contributed by atoms with van der Waals surface area (Å²) in [6, 6.07) is 7.35. The minimum Gasteiger partial charge on any atom is -0.367 e. The summed E-state index contributed by atoms with van der Waals surface area (Å²) in [5.41, 5.74) is 0.573. The van der Waals surface area contributed by atoms with E-state index in [4.69, 9.17) is 0 Å². The van der Waals surface area contributed by atoms with Crippen LogP contribution in [0.1, 0.15) is 5.56 Å². The van der Waals surface area contributed by atoms with Crippen molar-refractivity contribution < 1.29 is 13.2 Å². The molecular formula is C18H16F3N5. The molecule has 0 amide bonds. The van der Waals surface area contributed by atoms with Gasteiger partial charge in [-0.05, 0) is 24.3 Å². The Morgan fingerprint density at radius 2 is 1.50 bits per heavy atom. The number of nitrogens with zero attached hydrogens (tertiary/aromatic N) is 5. The molecule has 0 bridgehead atoms. The van der Waals surface area contributed by atoms with Gasteiger partial charge < -0.3 is 9.80 Å². The highest BCUT2D eigenvalue weighted by atomic mass is 19.4. The lowest BCUT2D eigenvalue weighted by atomic mass is 10.1. The standard InChI is InChI=1S/C18H16F3N5/c19-18(20,21)13-2-3-14-15(12-13)22-7-4-16(14)25-8-10-26(11-9-25)17-23-5-1-6-24-17/h1-7,12H,8-11H2. The lowest BCUT2D eigenvalue weighted by Gasteiger charge is -2.36. The van der Waals surface area contributed by atoms with Crippen LogP contribution in [0.2, 0.25) is 0 Å². The van der Waals surface area contributed by atoms with Gasteiger partial charge in [0.25, 0.3) is 0 Å². The molecule has 1 aromatic carbocycles. The van der Waals surface area contributed by atoms with Crippen LogP contribution in [0.15, 0.2) is 48.9 Å². The predicted octanol–water partition coefficient (Wildman–Crippen LogP) is 3.37. The second-order valence-corrected chi connectivity index (χ2v) is 6.08. The minimum absolute atomic E-state index is 0.353. The smallest absolute Gasteiger partial charge is 0.367 e. The van der Waals surface area contributed by atoms with Crippen molar-refractivity contribution in [1.82, 2.24) is 15.0 Å². The molecule has 0 saturated carbocycles. The molecule has 0 radical (unpaired) electrons. The van der Waals surface area contributed by atoms with Crippen molar-refractivity contribution in [2.75, 3.05) is 36.0 Å². The number of hydrogen-bond acceptors (Lipinski definition) is 5. The number of rotatable bonds is 2. The molecule has 26 heavy (non-hydrogen) atoms. The summed E-state index contributed by atoms with van der Waals surface area (Å²) >= 11 is 0. The Balaban J connectivity index is 1.58. The highest BCUT2D eigenvalue weighted by Crippen LogP contribution is 2.33. The van der Waals surface area contributed by atoms with Crippen LogP contribution in [-0.2, 0) is 6.18 Å². The second-order valence-electron chi connectivity index (χ2n) is 6.08. The quantitative estimate of drug-likeness (QED) is 0.702. The van der Waals surface area contributed by atoms with Crippen molar-refractivity contribution in [2.24, 2.45) is 0 Å². The van der Waals surface area contributed by atoms with Gasteiger partial charge in [-0.1, -0.05) is 6.07 Å². The number of benzene rings is 1. The topological polar surface area (TPSA) is 45.2 Å². The summed E-state index contributed by atoms with van der Waals surface area (Å²) in [4.78, 5) is 16.9. The molecule has 0 aliphatic carbocycles. The number of aromatic nitrogens is 3. The molecule has 1 aliphatic rings. The molecule has 0 unspecified atom stereocenters. The zero-order valence-electron chi connectivity index (χ0n) is 13.8. The molecule has 0 spiro atoms. The number of halogens is 3. The van der Waals surface area contributed by atoms with Gasteiger partial charge in [-0.2, -0.15) is 13.2 Å². The Labute approximate surface area is 148 Å². The van der Waals surface area contributed by atoms with E-state index in [2.05, 4.69) is 24.8 Å². The molecule has 3 heterocycles. The first kappa shape index (κ1) is 16.6. The van der Waals surface area contributed by atoms with Crippen molar-refractivity contribution in [1.29, 1.82) is 0 Å². The molecule has 0 atom stereocenters. The van der Waals surface area contributed by atoms with Crippen molar-refractivity contribution in [3.8, 4) is 0 Å². The molecule has 3 aromatic rings. The fraction of sp³-hybridized carbons (Fsp3) is 0.278. The lowest BCUT2D eigenvalue weighted by Crippen LogP contribution is -2.47. The summed E-state index contributed by atoms with van der Waals surface area (Å²) in [5, 5.41) is 0.727. The van der Waals surface area contributed by atoms with Gasteiger partial charge in [0, 0.05) is 55.8 Å². The number of pyridine rings is 1. The molecule has 5 nitrogen and oxygen atoms in total. The maximum absolute atomic E-state index is 12.9. The summed E-state index contributed by atoms with van der Waals surface area (Å²) in [6.07, 6.45) is 0.615. The average Bonchev–Trinajstić information content (AvgIpc) is 2.67. The van der Waals surface area contributed by atoms with Gasteiger partial charge >= 0.3 is 6.18 Å². The van der Waals surface area contributed by atoms with Gasteiger partial charge in [0.1, 0.15) is 0 Å². The van der Waals surface area contributed by atoms with Gasteiger partial charge in [-0.3, -0.25) is 4.98 Å². The Kier molecular flexibility index (Phi) is 4.10. The van der Waals surface area contributed by atoms with E-state index in [9.17, 15) is 13.2 Å². The SMILES string of the molecule is FC(F)(F)c1ccc2c(N3CCN(c4ncccn4)CC3)ccnc2c1. The van der Waals surface area contributed by atoms with Crippen LogP contribution in [0.3, 0.4) is 0 Å². The maximum atomic E-state index is 12.9. The van der Waals surface area contributed by atoms with E-state index in [1.165, 1.54) is 6.07 Å². The van der Waals surface area contributed by atoms with Gasteiger partial charge in [-0.15, -0.1) is 0 Å². The Morgan fingerprint density at radius 1 is 0.808 bits per heavy atom. The van der Waals surface area contributed by atoms with Crippen LogP contribution in [0.25, 0.3) is 10.9 Å². The average molecular weight is 359 g/mol. The van der Waals surface area contributed by atoms with E-state index in [0.717, 1.165) is 49.4 Å². The third-order valence-electron chi connectivity index (χ3n) is 4.50. The van der Waals surface area contributed by atoms with Crippen molar-refractivity contribution in [2.45, 2.75) is 6.18 Å². The number of piperazine rings is 1. The van der Waals surface area contributed by atoms with Gasteiger partial charge in [0.15, 0.2) is 0 Å². The Bertz CT molecular complexity index is 906. The summed E-state index contributed by atoms with van der Waals surface area (Å²) in [7, 11) is 0.